The van der Waals surface area contributed by atoms with Gasteiger partial charge in [0.05, 0.1) is 0 Å². The van der Waals surface area contributed by atoms with Crippen molar-refractivity contribution in [2.75, 3.05) is 23.3 Å². The van der Waals surface area contributed by atoms with E-state index in [0.717, 1.165) is 37.0 Å². The van der Waals surface area contributed by atoms with Crippen molar-refractivity contribution in [2.45, 2.75) is 46.0 Å². The maximum absolute atomic E-state index is 11.6. The van der Waals surface area contributed by atoms with Gasteiger partial charge in [0.15, 0.2) is 0 Å². The van der Waals surface area contributed by atoms with Gasteiger partial charge in [-0.2, -0.15) is 0 Å². The van der Waals surface area contributed by atoms with Crippen LogP contribution in [0.25, 0.3) is 0 Å². The summed E-state index contributed by atoms with van der Waals surface area (Å²) in [5.74, 6) is 1.84. The molecule has 0 spiro atoms. The van der Waals surface area contributed by atoms with Gasteiger partial charge in [-0.05, 0) is 54.9 Å². The third-order valence-electron chi connectivity index (χ3n) is 5.00. The number of nitrogens with zero attached hydrogens (tertiary/aromatic N) is 1. The maximum atomic E-state index is 11.6. The van der Waals surface area contributed by atoms with E-state index >= 15 is 0 Å². The normalized spacial score (nSPS) is 24.8. The summed E-state index contributed by atoms with van der Waals surface area (Å²) in [6.45, 7) is 5.93. The number of carbonyl (C=O) groups is 1. The standard InChI is InChI=1S/C18H26N2O/c1-13-4-3-5-15(10-13)12-19-17-6-7-18-16(11-17)8-9-20(18)14(2)21/h6-7,11,13,15,19H,3-5,8-10,12H2,1-2H3. The van der Waals surface area contributed by atoms with E-state index < -0.39 is 0 Å². The van der Waals surface area contributed by atoms with Gasteiger partial charge in [-0.3, -0.25) is 4.79 Å². The summed E-state index contributed by atoms with van der Waals surface area (Å²) in [6, 6.07) is 6.44. The van der Waals surface area contributed by atoms with E-state index in [9.17, 15) is 4.79 Å². The van der Waals surface area contributed by atoms with Crippen LogP contribution in [0.3, 0.4) is 0 Å². The number of nitrogens with one attached hydrogen (secondary N) is 1. The first-order chi connectivity index (χ1) is 10.1. The molecule has 1 aliphatic heterocycles. The van der Waals surface area contributed by atoms with E-state index in [1.54, 1.807) is 6.92 Å². The van der Waals surface area contributed by atoms with Gasteiger partial charge in [-0.1, -0.05) is 19.8 Å². The van der Waals surface area contributed by atoms with Crippen molar-refractivity contribution in [3.05, 3.63) is 23.8 Å². The maximum Gasteiger partial charge on any atom is 0.223 e. The number of carbonyl (C=O) groups excluding carboxylic acids is 1. The van der Waals surface area contributed by atoms with Crippen LogP contribution in [0.4, 0.5) is 11.4 Å². The predicted octanol–water partition coefficient (Wildman–Crippen LogP) is 3.83. The Kier molecular flexibility index (Phi) is 4.18. The van der Waals surface area contributed by atoms with Crippen LogP contribution in [0.1, 0.15) is 45.1 Å². The van der Waals surface area contributed by atoms with Crippen LogP contribution in [0.5, 0.6) is 0 Å². The smallest absolute Gasteiger partial charge is 0.223 e. The highest BCUT2D eigenvalue weighted by Crippen LogP contribution is 2.32. The lowest BCUT2D eigenvalue weighted by molar-refractivity contribution is -0.116. The lowest BCUT2D eigenvalue weighted by Gasteiger charge is -2.27. The summed E-state index contributed by atoms with van der Waals surface area (Å²) in [6.07, 6.45) is 6.48. The molecule has 21 heavy (non-hydrogen) atoms. The minimum Gasteiger partial charge on any atom is -0.385 e. The van der Waals surface area contributed by atoms with Gasteiger partial charge in [0.1, 0.15) is 0 Å². The van der Waals surface area contributed by atoms with Crippen molar-refractivity contribution in [1.29, 1.82) is 0 Å². The van der Waals surface area contributed by atoms with Gasteiger partial charge in [-0.15, -0.1) is 0 Å². The zero-order valence-corrected chi connectivity index (χ0v) is 13.2. The van der Waals surface area contributed by atoms with E-state index in [1.807, 2.05) is 4.90 Å². The van der Waals surface area contributed by atoms with E-state index in [2.05, 4.69) is 30.4 Å². The molecule has 114 valence electrons. The summed E-state index contributed by atoms with van der Waals surface area (Å²) in [5.41, 5.74) is 3.60. The van der Waals surface area contributed by atoms with Gasteiger partial charge in [0, 0.05) is 31.4 Å². The zero-order valence-electron chi connectivity index (χ0n) is 13.2. The molecule has 1 aromatic carbocycles. The van der Waals surface area contributed by atoms with Crippen molar-refractivity contribution in [1.82, 2.24) is 0 Å². The molecule has 1 aromatic rings. The van der Waals surface area contributed by atoms with Crippen molar-refractivity contribution in [2.24, 2.45) is 11.8 Å². The minimum atomic E-state index is 0.144. The molecule has 1 heterocycles. The fourth-order valence-corrected chi connectivity index (χ4v) is 3.85. The molecule has 2 unspecified atom stereocenters. The Hall–Kier alpha value is -1.51. The topological polar surface area (TPSA) is 32.3 Å². The van der Waals surface area contributed by atoms with Crippen LogP contribution in [-0.4, -0.2) is 19.0 Å². The highest BCUT2D eigenvalue weighted by atomic mass is 16.2. The molecular weight excluding hydrogens is 260 g/mol. The van der Waals surface area contributed by atoms with Gasteiger partial charge in [-0.25, -0.2) is 0 Å². The number of anilines is 2. The number of benzene rings is 1. The predicted molar refractivity (Wildman–Crippen MR) is 87.8 cm³/mol. The molecule has 1 amide bonds. The fourth-order valence-electron chi connectivity index (χ4n) is 3.85. The Morgan fingerprint density at radius 3 is 3.00 bits per heavy atom. The minimum absolute atomic E-state index is 0.144. The molecule has 2 aliphatic rings. The molecule has 0 bridgehead atoms. The zero-order chi connectivity index (χ0) is 14.8. The fraction of sp³-hybridized carbons (Fsp3) is 0.611. The molecule has 0 aromatic heterocycles. The summed E-state index contributed by atoms with van der Waals surface area (Å²) < 4.78 is 0. The Labute approximate surface area is 127 Å². The SMILES string of the molecule is CC(=O)N1CCc2cc(NCC3CCCC(C)C3)ccc21. The average Bonchev–Trinajstić information content (AvgIpc) is 2.88. The molecule has 1 fully saturated rings. The largest absolute Gasteiger partial charge is 0.385 e. The molecule has 1 N–H and O–H groups in total. The average molecular weight is 286 g/mol. The number of hydrogen-bond donors (Lipinski definition) is 1. The van der Waals surface area contributed by atoms with Gasteiger partial charge in [0.25, 0.3) is 0 Å². The molecule has 3 rings (SSSR count). The van der Waals surface area contributed by atoms with Crippen LogP contribution in [0.2, 0.25) is 0 Å². The summed E-state index contributed by atoms with van der Waals surface area (Å²) in [7, 11) is 0. The molecular formula is C18H26N2O. The monoisotopic (exact) mass is 286 g/mol. The molecule has 3 nitrogen and oxygen atoms in total. The summed E-state index contributed by atoms with van der Waals surface area (Å²) in [4.78, 5) is 13.4. The highest BCUT2D eigenvalue weighted by Gasteiger charge is 2.22. The van der Waals surface area contributed by atoms with Gasteiger partial charge in [0.2, 0.25) is 5.91 Å². The van der Waals surface area contributed by atoms with E-state index in [-0.39, 0.29) is 5.91 Å². The quantitative estimate of drug-likeness (QED) is 0.915. The second-order valence-electron chi connectivity index (χ2n) is 6.78. The lowest BCUT2D eigenvalue weighted by Crippen LogP contribution is -2.25. The van der Waals surface area contributed by atoms with Crippen LogP contribution in [0, 0.1) is 11.8 Å². The van der Waals surface area contributed by atoms with Crippen molar-refractivity contribution in [3.8, 4) is 0 Å². The van der Waals surface area contributed by atoms with E-state index in [4.69, 9.17) is 0 Å². The molecule has 2 atom stereocenters. The van der Waals surface area contributed by atoms with Crippen molar-refractivity contribution >= 4 is 17.3 Å². The first kappa shape index (κ1) is 14.4. The Bertz CT molecular complexity index is 526. The number of amides is 1. The van der Waals surface area contributed by atoms with Crippen LogP contribution in [-0.2, 0) is 11.2 Å². The molecule has 3 heteroatoms. The number of rotatable bonds is 3. The lowest BCUT2D eigenvalue weighted by atomic mass is 9.82. The van der Waals surface area contributed by atoms with E-state index in [0.29, 0.717) is 0 Å². The van der Waals surface area contributed by atoms with Crippen molar-refractivity contribution < 1.29 is 4.79 Å². The second kappa shape index (κ2) is 6.08. The van der Waals surface area contributed by atoms with Gasteiger partial charge >= 0.3 is 0 Å². The molecule has 1 saturated carbocycles. The van der Waals surface area contributed by atoms with Crippen molar-refractivity contribution in [3.63, 3.8) is 0 Å². The first-order valence-electron chi connectivity index (χ1n) is 8.28. The first-order valence-corrected chi connectivity index (χ1v) is 8.28. The Balaban J connectivity index is 1.61. The summed E-state index contributed by atoms with van der Waals surface area (Å²) >= 11 is 0. The Morgan fingerprint density at radius 2 is 2.24 bits per heavy atom. The Morgan fingerprint density at radius 1 is 1.38 bits per heavy atom. The van der Waals surface area contributed by atoms with Crippen LogP contribution < -0.4 is 10.2 Å². The molecule has 0 saturated heterocycles. The number of hydrogen-bond acceptors (Lipinski definition) is 2. The molecule has 0 radical (unpaired) electrons. The van der Waals surface area contributed by atoms with Gasteiger partial charge < -0.3 is 10.2 Å². The number of fused-ring (bicyclic) bond motifs is 1. The molecule has 1 aliphatic carbocycles. The van der Waals surface area contributed by atoms with Crippen LogP contribution in [0.15, 0.2) is 18.2 Å². The third kappa shape index (κ3) is 3.22. The second-order valence-corrected chi connectivity index (χ2v) is 6.78. The van der Waals surface area contributed by atoms with E-state index in [1.165, 1.54) is 36.9 Å². The third-order valence-corrected chi connectivity index (χ3v) is 5.00. The summed E-state index contributed by atoms with van der Waals surface area (Å²) in [5, 5.41) is 3.61. The highest BCUT2D eigenvalue weighted by molar-refractivity contribution is 5.94. The van der Waals surface area contributed by atoms with Crippen LogP contribution >= 0.6 is 0 Å².